The molecule has 1 aromatic rings. The van der Waals surface area contributed by atoms with Gasteiger partial charge in [-0.15, -0.1) is 24.0 Å². The van der Waals surface area contributed by atoms with Crippen molar-refractivity contribution >= 4 is 29.9 Å². The summed E-state index contributed by atoms with van der Waals surface area (Å²) in [6, 6.07) is 4.84. The minimum Gasteiger partial charge on any atom is -0.370 e. The molecule has 102 valence electrons. The third kappa shape index (κ3) is 6.18. The van der Waals surface area contributed by atoms with Gasteiger partial charge < -0.3 is 11.1 Å². The van der Waals surface area contributed by atoms with Crippen LogP contribution in [0, 0.1) is 12.7 Å². The first-order valence-electron chi connectivity index (χ1n) is 5.92. The van der Waals surface area contributed by atoms with Gasteiger partial charge in [0.1, 0.15) is 5.82 Å². The van der Waals surface area contributed by atoms with E-state index in [0.29, 0.717) is 12.5 Å². The molecule has 3 N–H and O–H groups in total. The summed E-state index contributed by atoms with van der Waals surface area (Å²) in [5.74, 6) is 0.287. The van der Waals surface area contributed by atoms with Crippen molar-refractivity contribution in [1.82, 2.24) is 5.32 Å². The number of aryl methyl sites for hydroxylation is 1. The Morgan fingerprint density at radius 2 is 2.17 bits per heavy atom. The second kappa shape index (κ2) is 9.13. The predicted octanol–water partition coefficient (Wildman–Crippen LogP) is 2.61. The lowest BCUT2D eigenvalue weighted by atomic mass is 10.1. The van der Waals surface area contributed by atoms with E-state index in [1.54, 1.807) is 6.07 Å². The molecule has 0 radical (unpaired) electrons. The van der Waals surface area contributed by atoms with Gasteiger partial charge in [-0.2, -0.15) is 0 Å². The van der Waals surface area contributed by atoms with Crippen LogP contribution in [0.25, 0.3) is 0 Å². The molecule has 0 saturated carbocycles. The first kappa shape index (κ1) is 17.2. The molecule has 1 rings (SSSR count). The van der Waals surface area contributed by atoms with Gasteiger partial charge in [0.25, 0.3) is 0 Å². The molecule has 0 atom stereocenters. The summed E-state index contributed by atoms with van der Waals surface area (Å²) in [6.07, 6.45) is 1.80. The first-order valence-corrected chi connectivity index (χ1v) is 5.92. The van der Waals surface area contributed by atoms with Crippen molar-refractivity contribution in [1.29, 1.82) is 0 Å². The quantitative estimate of drug-likeness (QED) is 0.479. The van der Waals surface area contributed by atoms with Gasteiger partial charge in [0.05, 0.1) is 0 Å². The van der Waals surface area contributed by atoms with Crippen LogP contribution in [-0.2, 0) is 6.42 Å². The molecule has 0 saturated heterocycles. The monoisotopic (exact) mass is 365 g/mol. The van der Waals surface area contributed by atoms with Crippen molar-refractivity contribution in [3.05, 3.63) is 35.1 Å². The standard InChI is InChI=1S/C13H20FN3.HI/c1-3-7-16-13(15)17-8-6-11-4-5-12(14)9-10(11)2;/h4-5,9H,3,6-8H2,1-2H3,(H3,15,16,17);1H. The van der Waals surface area contributed by atoms with Gasteiger partial charge in [0, 0.05) is 13.1 Å². The molecular formula is C13H21FIN3. The van der Waals surface area contributed by atoms with E-state index in [1.807, 2.05) is 13.0 Å². The molecule has 0 unspecified atom stereocenters. The summed E-state index contributed by atoms with van der Waals surface area (Å²) < 4.78 is 12.9. The number of nitrogens with zero attached hydrogens (tertiary/aromatic N) is 1. The molecule has 0 spiro atoms. The fourth-order valence-electron chi connectivity index (χ4n) is 1.55. The SMILES string of the molecule is CCCN=C(N)NCCc1ccc(F)cc1C.I. The molecule has 0 heterocycles. The Morgan fingerprint density at radius 1 is 1.44 bits per heavy atom. The molecule has 0 aliphatic heterocycles. The fraction of sp³-hybridized carbons (Fsp3) is 0.462. The number of nitrogens with one attached hydrogen (secondary N) is 1. The summed E-state index contributed by atoms with van der Waals surface area (Å²) in [5.41, 5.74) is 7.76. The summed E-state index contributed by atoms with van der Waals surface area (Å²) >= 11 is 0. The highest BCUT2D eigenvalue weighted by Gasteiger charge is 2.00. The van der Waals surface area contributed by atoms with Crippen LogP contribution in [0.15, 0.2) is 23.2 Å². The third-order valence-corrected chi connectivity index (χ3v) is 2.51. The van der Waals surface area contributed by atoms with Crippen LogP contribution in [0.2, 0.25) is 0 Å². The van der Waals surface area contributed by atoms with Crippen LogP contribution in [0.5, 0.6) is 0 Å². The maximum atomic E-state index is 12.9. The zero-order valence-electron chi connectivity index (χ0n) is 10.9. The Labute approximate surface area is 125 Å². The van der Waals surface area contributed by atoms with E-state index in [1.165, 1.54) is 6.07 Å². The Balaban J connectivity index is 0.00000289. The normalized spacial score (nSPS) is 10.9. The van der Waals surface area contributed by atoms with E-state index >= 15 is 0 Å². The minimum absolute atomic E-state index is 0. The number of benzene rings is 1. The van der Waals surface area contributed by atoms with Crippen molar-refractivity contribution in [3.63, 3.8) is 0 Å². The summed E-state index contributed by atoms with van der Waals surface area (Å²) in [4.78, 5) is 4.13. The van der Waals surface area contributed by atoms with E-state index in [2.05, 4.69) is 17.2 Å². The average molecular weight is 365 g/mol. The predicted molar refractivity (Wildman–Crippen MR) is 85.0 cm³/mol. The molecule has 0 bridgehead atoms. The third-order valence-electron chi connectivity index (χ3n) is 2.51. The summed E-state index contributed by atoms with van der Waals surface area (Å²) in [7, 11) is 0. The van der Waals surface area contributed by atoms with Crippen LogP contribution < -0.4 is 11.1 Å². The van der Waals surface area contributed by atoms with Gasteiger partial charge in [-0.05, 0) is 43.0 Å². The van der Waals surface area contributed by atoms with Gasteiger partial charge in [-0.25, -0.2) is 4.39 Å². The lowest BCUT2D eigenvalue weighted by molar-refractivity contribution is 0.625. The van der Waals surface area contributed by atoms with Gasteiger partial charge in [-0.1, -0.05) is 13.0 Å². The van der Waals surface area contributed by atoms with E-state index in [9.17, 15) is 4.39 Å². The van der Waals surface area contributed by atoms with Crippen LogP contribution in [0.4, 0.5) is 4.39 Å². The fourth-order valence-corrected chi connectivity index (χ4v) is 1.55. The molecule has 0 aromatic heterocycles. The number of guanidine groups is 1. The number of halogens is 2. The van der Waals surface area contributed by atoms with Crippen molar-refractivity contribution in [3.8, 4) is 0 Å². The molecule has 0 aliphatic carbocycles. The lowest BCUT2D eigenvalue weighted by Crippen LogP contribution is -2.33. The van der Waals surface area contributed by atoms with Crippen LogP contribution in [0.3, 0.4) is 0 Å². The van der Waals surface area contributed by atoms with Gasteiger partial charge in [0.2, 0.25) is 0 Å². The molecule has 0 aliphatic rings. The van der Waals surface area contributed by atoms with E-state index in [0.717, 1.165) is 30.5 Å². The number of hydrogen-bond donors (Lipinski definition) is 2. The lowest BCUT2D eigenvalue weighted by Gasteiger charge is -2.08. The maximum Gasteiger partial charge on any atom is 0.188 e. The van der Waals surface area contributed by atoms with Crippen LogP contribution in [-0.4, -0.2) is 19.0 Å². The number of nitrogens with two attached hydrogens (primary N) is 1. The Bertz CT molecular complexity index is 394. The number of rotatable bonds is 5. The van der Waals surface area contributed by atoms with Crippen molar-refractivity contribution < 1.29 is 4.39 Å². The van der Waals surface area contributed by atoms with E-state index in [4.69, 9.17) is 5.73 Å². The van der Waals surface area contributed by atoms with Crippen molar-refractivity contribution in [2.75, 3.05) is 13.1 Å². The molecule has 1 aromatic carbocycles. The van der Waals surface area contributed by atoms with E-state index < -0.39 is 0 Å². The summed E-state index contributed by atoms with van der Waals surface area (Å²) in [6.45, 7) is 5.42. The number of aliphatic imine (C=N–C) groups is 1. The Kier molecular flexibility index (Phi) is 8.70. The molecule has 18 heavy (non-hydrogen) atoms. The zero-order valence-corrected chi connectivity index (χ0v) is 13.2. The smallest absolute Gasteiger partial charge is 0.188 e. The highest BCUT2D eigenvalue weighted by atomic mass is 127. The highest BCUT2D eigenvalue weighted by molar-refractivity contribution is 14.0. The molecule has 0 amide bonds. The molecular weight excluding hydrogens is 344 g/mol. The number of hydrogen-bond acceptors (Lipinski definition) is 1. The van der Waals surface area contributed by atoms with Crippen LogP contribution in [0.1, 0.15) is 24.5 Å². The Hall–Kier alpha value is -0.850. The second-order valence-electron chi connectivity index (χ2n) is 4.01. The largest absolute Gasteiger partial charge is 0.370 e. The Morgan fingerprint density at radius 3 is 2.78 bits per heavy atom. The van der Waals surface area contributed by atoms with Gasteiger partial charge in [0.15, 0.2) is 5.96 Å². The van der Waals surface area contributed by atoms with Gasteiger partial charge in [-0.3, -0.25) is 4.99 Å². The minimum atomic E-state index is -0.191. The molecule has 0 fully saturated rings. The summed E-state index contributed by atoms with van der Waals surface area (Å²) in [5, 5.41) is 3.04. The second-order valence-corrected chi connectivity index (χ2v) is 4.01. The van der Waals surface area contributed by atoms with E-state index in [-0.39, 0.29) is 29.8 Å². The highest BCUT2D eigenvalue weighted by Crippen LogP contribution is 2.10. The molecule has 3 nitrogen and oxygen atoms in total. The topological polar surface area (TPSA) is 50.4 Å². The van der Waals surface area contributed by atoms with Gasteiger partial charge >= 0.3 is 0 Å². The molecule has 5 heteroatoms. The van der Waals surface area contributed by atoms with Crippen LogP contribution >= 0.6 is 24.0 Å². The van der Waals surface area contributed by atoms with Crippen molar-refractivity contribution in [2.45, 2.75) is 26.7 Å². The van der Waals surface area contributed by atoms with Crippen molar-refractivity contribution in [2.24, 2.45) is 10.7 Å². The first-order chi connectivity index (χ1) is 8.13. The zero-order chi connectivity index (χ0) is 12.7. The maximum absolute atomic E-state index is 12.9. The average Bonchev–Trinajstić information content (AvgIpc) is 2.29.